The van der Waals surface area contributed by atoms with Crippen LogP contribution in [0, 0.1) is 0 Å². The summed E-state index contributed by atoms with van der Waals surface area (Å²) in [6.07, 6.45) is 0.648. The third-order valence-electron chi connectivity index (χ3n) is 6.60. The number of nitrogens with zero attached hydrogens (tertiary/aromatic N) is 5. The molecule has 10 heteroatoms. The number of hydrogen-bond acceptors (Lipinski definition) is 5. The second kappa shape index (κ2) is 10.8. The lowest BCUT2D eigenvalue weighted by Gasteiger charge is -2.36. The Morgan fingerprint density at radius 3 is 2.39 bits per heavy atom. The number of fused-ring (bicyclic) bond motifs is 3. The highest BCUT2D eigenvalue weighted by atomic mass is 35.5. The van der Waals surface area contributed by atoms with E-state index in [-0.39, 0.29) is 18.0 Å². The van der Waals surface area contributed by atoms with Crippen LogP contribution in [-0.2, 0) is 12.7 Å². The van der Waals surface area contributed by atoms with Crippen LogP contribution in [0.2, 0.25) is 0 Å². The van der Waals surface area contributed by atoms with E-state index in [1.807, 2.05) is 29.2 Å². The zero-order chi connectivity index (χ0) is 24.4. The molecule has 2 aromatic heterocycles. The first-order valence-corrected chi connectivity index (χ1v) is 11.8. The molecule has 0 aliphatic carbocycles. The van der Waals surface area contributed by atoms with E-state index in [9.17, 15) is 18.0 Å². The Hall–Kier alpha value is -3.17. The lowest BCUT2D eigenvalue weighted by Crippen LogP contribution is -2.46. The van der Waals surface area contributed by atoms with Crippen LogP contribution >= 0.6 is 12.4 Å². The Bertz CT molecular complexity index is 1400. The molecule has 3 heterocycles. The van der Waals surface area contributed by atoms with Gasteiger partial charge in [0.2, 0.25) is 0 Å². The van der Waals surface area contributed by atoms with Gasteiger partial charge < -0.3 is 4.90 Å². The van der Waals surface area contributed by atoms with E-state index in [0.29, 0.717) is 36.2 Å². The van der Waals surface area contributed by atoms with E-state index in [2.05, 4.69) is 14.9 Å². The van der Waals surface area contributed by atoms with E-state index >= 15 is 0 Å². The van der Waals surface area contributed by atoms with Crippen LogP contribution in [0.4, 0.5) is 18.9 Å². The number of benzene rings is 2. The Morgan fingerprint density at radius 2 is 1.61 bits per heavy atom. The molecular formula is C26H27ClF3N5O. The first-order chi connectivity index (χ1) is 16.9. The first-order valence-electron chi connectivity index (χ1n) is 11.8. The smallest absolute Gasteiger partial charge is 0.369 e. The van der Waals surface area contributed by atoms with Crippen LogP contribution in [0.1, 0.15) is 18.4 Å². The van der Waals surface area contributed by atoms with Crippen LogP contribution in [0.25, 0.3) is 21.8 Å². The van der Waals surface area contributed by atoms with Crippen molar-refractivity contribution in [2.75, 3.05) is 37.6 Å². The maximum atomic E-state index is 13.0. The first kappa shape index (κ1) is 25.9. The van der Waals surface area contributed by atoms with Gasteiger partial charge in [0.15, 0.2) is 0 Å². The lowest BCUT2D eigenvalue weighted by molar-refractivity contribution is -0.137. The van der Waals surface area contributed by atoms with Crippen molar-refractivity contribution in [2.24, 2.45) is 0 Å². The molecule has 1 aliphatic heterocycles. The number of piperazine rings is 1. The van der Waals surface area contributed by atoms with Crippen LogP contribution < -0.4 is 10.5 Å². The van der Waals surface area contributed by atoms with Crippen molar-refractivity contribution < 1.29 is 13.2 Å². The summed E-state index contributed by atoms with van der Waals surface area (Å²) in [5.74, 6) is 0. The van der Waals surface area contributed by atoms with Gasteiger partial charge >= 0.3 is 6.18 Å². The van der Waals surface area contributed by atoms with Crippen LogP contribution in [0.15, 0.2) is 65.8 Å². The zero-order valence-electron chi connectivity index (χ0n) is 19.6. The second-order valence-corrected chi connectivity index (χ2v) is 8.86. The molecular weight excluding hydrogens is 491 g/mol. The molecule has 36 heavy (non-hydrogen) atoms. The number of hydrogen-bond donors (Lipinski definition) is 0. The van der Waals surface area contributed by atoms with Crippen molar-refractivity contribution in [1.29, 1.82) is 0 Å². The van der Waals surface area contributed by atoms with E-state index < -0.39 is 11.7 Å². The number of pyridine rings is 1. The predicted molar refractivity (Wildman–Crippen MR) is 138 cm³/mol. The summed E-state index contributed by atoms with van der Waals surface area (Å²) in [5, 5.41) is 1.40. The van der Waals surface area contributed by atoms with E-state index in [1.165, 1.54) is 12.1 Å². The molecule has 6 nitrogen and oxygen atoms in total. The van der Waals surface area contributed by atoms with Crippen molar-refractivity contribution in [3.05, 3.63) is 77.0 Å². The zero-order valence-corrected chi connectivity index (χ0v) is 20.4. The Kier molecular flexibility index (Phi) is 7.80. The third kappa shape index (κ3) is 5.47. The fourth-order valence-electron chi connectivity index (χ4n) is 4.64. The molecule has 0 atom stereocenters. The summed E-state index contributed by atoms with van der Waals surface area (Å²) in [7, 11) is 0. The van der Waals surface area contributed by atoms with Gasteiger partial charge in [-0.1, -0.05) is 24.3 Å². The fourth-order valence-corrected chi connectivity index (χ4v) is 4.64. The van der Waals surface area contributed by atoms with E-state index in [1.54, 1.807) is 23.2 Å². The number of para-hydroxylation sites is 1. The molecule has 0 amide bonds. The van der Waals surface area contributed by atoms with Crippen molar-refractivity contribution in [2.45, 2.75) is 25.6 Å². The van der Waals surface area contributed by atoms with Gasteiger partial charge in [-0.15, -0.1) is 12.4 Å². The van der Waals surface area contributed by atoms with Crippen LogP contribution in [-0.4, -0.2) is 52.2 Å². The number of unbranched alkanes of at least 4 members (excludes halogenated alkanes) is 1. The average molecular weight is 518 g/mol. The quantitative estimate of drug-likeness (QED) is 0.266. The fraction of sp³-hybridized carbons (Fsp3) is 0.346. The van der Waals surface area contributed by atoms with Crippen molar-refractivity contribution in [3.8, 4) is 0 Å². The van der Waals surface area contributed by atoms with Crippen LogP contribution in [0.5, 0.6) is 0 Å². The summed E-state index contributed by atoms with van der Waals surface area (Å²) in [5.41, 5.74) is 1.42. The summed E-state index contributed by atoms with van der Waals surface area (Å²) < 4.78 is 40.6. The highest BCUT2D eigenvalue weighted by Gasteiger charge is 2.31. The molecule has 1 fully saturated rings. The van der Waals surface area contributed by atoms with Gasteiger partial charge in [-0.2, -0.15) is 13.2 Å². The third-order valence-corrected chi connectivity index (χ3v) is 6.60. The van der Waals surface area contributed by atoms with E-state index in [0.717, 1.165) is 49.4 Å². The summed E-state index contributed by atoms with van der Waals surface area (Å²) in [4.78, 5) is 26.2. The molecule has 0 unspecified atom stereocenters. The number of halogens is 4. The maximum Gasteiger partial charge on any atom is 0.416 e. The van der Waals surface area contributed by atoms with Crippen molar-refractivity contribution >= 4 is 39.9 Å². The molecule has 2 aromatic carbocycles. The largest absolute Gasteiger partial charge is 0.416 e. The SMILES string of the molecule is Cl.O=c1c2cnc3ccccc3c2ncn1CCCCN1CCN(c2cccc(C(F)(F)F)c2)CC1. The predicted octanol–water partition coefficient (Wildman–Crippen LogP) is 4.99. The number of anilines is 1. The highest BCUT2D eigenvalue weighted by Crippen LogP contribution is 2.32. The molecule has 5 rings (SSSR count). The monoisotopic (exact) mass is 517 g/mol. The molecule has 0 radical (unpaired) electrons. The van der Waals surface area contributed by atoms with Gasteiger partial charge in [0.1, 0.15) is 0 Å². The minimum Gasteiger partial charge on any atom is -0.369 e. The molecule has 0 bridgehead atoms. The molecule has 1 saturated heterocycles. The van der Waals surface area contributed by atoms with Gasteiger partial charge in [0.25, 0.3) is 5.56 Å². The van der Waals surface area contributed by atoms with Gasteiger partial charge in [-0.05, 0) is 43.7 Å². The van der Waals surface area contributed by atoms with E-state index in [4.69, 9.17) is 0 Å². The lowest BCUT2D eigenvalue weighted by atomic mass is 10.1. The van der Waals surface area contributed by atoms with Gasteiger partial charge in [0, 0.05) is 50.0 Å². The molecule has 4 aromatic rings. The number of alkyl halides is 3. The molecule has 0 N–H and O–H groups in total. The molecule has 0 saturated carbocycles. The minimum absolute atomic E-state index is 0. The standard InChI is InChI=1S/C26H26F3N5O.ClH/c27-26(28,29)19-6-5-7-20(16-19)33-14-12-32(13-15-33)10-3-4-11-34-18-31-24-21-8-1-2-9-23(21)30-17-22(24)25(34)35;/h1-2,5-9,16-18H,3-4,10-15H2;1H. The van der Waals surface area contributed by atoms with Crippen molar-refractivity contribution in [3.63, 3.8) is 0 Å². The summed E-state index contributed by atoms with van der Waals surface area (Å²) in [6, 6.07) is 13.2. The van der Waals surface area contributed by atoms with Crippen molar-refractivity contribution in [1.82, 2.24) is 19.4 Å². The Balaban J connectivity index is 0.00000304. The highest BCUT2D eigenvalue weighted by molar-refractivity contribution is 6.02. The number of aryl methyl sites for hydroxylation is 1. The summed E-state index contributed by atoms with van der Waals surface area (Å²) in [6.45, 7) is 4.45. The normalized spacial score (nSPS) is 14.8. The van der Waals surface area contributed by atoms with Crippen LogP contribution in [0.3, 0.4) is 0 Å². The topological polar surface area (TPSA) is 54.3 Å². The average Bonchev–Trinajstić information content (AvgIpc) is 2.87. The number of rotatable bonds is 6. The molecule has 1 aliphatic rings. The number of aromatic nitrogens is 3. The van der Waals surface area contributed by atoms with Gasteiger partial charge in [-0.25, -0.2) is 4.98 Å². The van der Waals surface area contributed by atoms with Gasteiger partial charge in [0.05, 0.1) is 28.3 Å². The Morgan fingerprint density at radius 1 is 0.861 bits per heavy atom. The minimum atomic E-state index is -4.33. The Labute approximate surface area is 212 Å². The molecule has 190 valence electrons. The second-order valence-electron chi connectivity index (χ2n) is 8.86. The molecule has 0 spiro atoms. The maximum absolute atomic E-state index is 13.0. The summed E-state index contributed by atoms with van der Waals surface area (Å²) >= 11 is 0. The van der Waals surface area contributed by atoms with Gasteiger partial charge in [-0.3, -0.25) is 19.2 Å².